The van der Waals surface area contributed by atoms with Gasteiger partial charge in [-0.1, -0.05) is 29.3 Å². The zero-order valence-electron chi connectivity index (χ0n) is 14.5. The van der Waals surface area contributed by atoms with Crippen molar-refractivity contribution in [3.63, 3.8) is 0 Å². The van der Waals surface area contributed by atoms with Crippen LogP contribution in [0.2, 0.25) is 0 Å². The maximum atomic E-state index is 12.0. The quantitative estimate of drug-likeness (QED) is 0.599. The van der Waals surface area contributed by atoms with Gasteiger partial charge in [-0.3, -0.25) is 4.79 Å². The van der Waals surface area contributed by atoms with Crippen LogP contribution in [0.3, 0.4) is 0 Å². The largest absolute Gasteiger partial charge is 0.479 e. The van der Waals surface area contributed by atoms with Gasteiger partial charge in [-0.15, -0.1) is 0 Å². The summed E-state index contributed by atoms with van der Waals surface area (Å²) in [6.45, 7) is 3.53. The molecule has 0 aliphatic rings. The van der Waals surface area contributed by atoms with Gasteiger partial charge in [0.25, 0.3) is 0 Å². The third-order valence-corrected chi connectivity index (χ3v) is 3.54. The minimum atomic E-state index is -1.19. The molecule has 8 heteroatoms. The normalized spacial score (nSPS) is 11.5. The number of aliphatic carboxylic acids is 1. The number of nitrogens with one attached hydrogen (secondary N) is 3. The summed E-state index contributed by atoms with van der Waals surface area (Å²) in [5.41, 5.74) is 2.28. The summed E-state index contributed by atoms with van der Waals surface area (Å²) >= 11 is 0. The summed E-state index contributed by atoms with van der Waals surface area (Å²) in [6.07, 6.45) is 1.49. The number of urea groups is 1. The number of hydrogen-bond donors (Lipinski definition) is 4. The van der Waals surface area contributed by atoms with E-state index in [-0.39, 0.29) is 13.1 Å². The predicted octanol–water partition coefficient (Wildman–Crippen LogP) is 1.64. The Kier molecular flexibility index (Phi) is 6.37. The van der Waals surface area contributed by atoms with Crippen LogP contribution in [0, 0.1) is 13.8 Å². The van der Waals surface area contributed by atoms with Gasteiger partial charge in [0.1, 0.15) is 5.76 Å². The Hall–Kier alpha value is -3.29. The van der Waals surface area contributed by atoms with Crippen molar-refractivity contribution in [2.24, 2.45) is 0 Å². The van der Waals surface area contributed by atoms with E-state index in [4.69, 9.17) is 4.42 Å². The third-order valence-electron chi connectivity index (χ3n) is 3.54. The molecule has 0 spiro atoms. The number of furan rings is 1. The summed E-state index contributed by atoms with van der Waals surface area (Å²) in [5, 5.41) is 16.7. The van der Waals surface area contributed by atoms with Crippen molar-refractivity contribution in [1.82, 2.24) is 16.0 Å². The van der Waals surface area contributed by atoms with E-state index in [0.717, 1.165) is 11.1 Å². The van der Waals surface area contributed by atoms with E-state index in [1.807, 2.05) is 19.9 Å². The fourth-order valence-corrected chi connectivity index (χ4v) is 2.48. The molecule has 0 aliphatic carbocycles. The lowest BCUT2D eigenvalue weighted by Crippen LogP contribution is -2.44. The van der Waals surface area contributed by atoms with Crippen LogP contribution in [0.15, 0.2) is 41.0 Å². The molecular formula is C18H21N3O5. The summed E-state index contributed by atoms with van der Waals surface area (Å²) < 4.78 is 5.07. The van der Waals surface area contributed by atoms with Gasteiger partial charge in [0.15, 0.2) is 6.04 Å². The lowest BCUT2D eigenvalue weighted by atomic mass is 10.0. The van der Waals surface area contributed by atoms with Crippen molar-refractivity contribution in [2.45, 2.75) is 26.4 Å². The number of aryl methyl sites for hydroxylation is 2. The van der Waals surface area contributed by atoms with E-state index < -0.39 is 23.9 Å². The first-order valence-electron chi connectivity index (χ1n) is 7.99. The Morgan fingerprint density at radius 1 is 1.12 bits per heavy atom. The lowest BCUT2D eigenvalue weighted by molar-refractivity contribution is -0.141. The fraction of sp³-hybridized carbons (Fsp3) is 0.278. The molecule has 0 saturated heterocycles. The molecule has 0 aliphatic heterocycles. The molecule has 8 nitrogen and oxygen atoms in total. The molecule has 26 heavy (non-hydrogen) atoms. The molecule has 1 atom stereocenters. The molecule has 0 saturated carbocycles. The number of benzene rings is 1. The second-order valence-corrected chi connectivity index (χ2v) is 5.88. The zero-order chi connectivity index (χ0) is 19.1. The standard InChI is InChI=1S/C18H21N3O5/c1-11-6-12(2)8-13(7-11)16(17(23)24)21-15(22)10-20-18(25)19-9-14-4-3-5-26-14/h3-8,16H,9-10H2,1-2H3,(H,21,22)(H,23,24)(H2,19,20,25). The van der Waals surface area contributed by atoms with Crippen LogP contribution >= 0.6 is 0 Å². The van der Waals surface area contributed by atoms with Crippen molar-refractivity contribution in [2.75, 3.05) is 6.54 Å². The summed E-state index contributed by atoms with van der Waals surface area (Å²) in [6, 6.07) is 6.97. The SMILES string of the molecule is Cc1cc(C)cc(C(NC(=O)CNC(=O)NCc2ccco2)C(=O)O)c1. The molecule has 0 bridgehead atoms. The van der Waals surface area contributed by atoms with E-state index in [1.165, 1.54) is 6.26 Å². The van der Waals surface area contributed by atoms with Crippen molar-refractivity contribution in [3.05, 3.63) is 59.0 Å². The van der Waals surface area contributed by atoms with Crippen LogP contribution in [-0.4, -0.2) is 29.6 Å². The monoisotopic (exact) mass is 359 g/mol. The molecule has 0 radical (unpaired) electrons. The van der Waals surface area contributed by atoms with Crippen molar-refractivity contribution in [1.29, 1.82) is 0 Å². The number of carboxylic acids is 1. The molecule has 1 heterocycles. The lowest BCUT2D eigenvalue weighted by Gasteiger charge is -2.16. The van der Waals surface area contributed by atoms with Crippen molar-refractivity contribution >= 4 is 17.9 Å². The highest BCUT2D eigenvalue weighted by atomic mass is 16.4. The molecule has 3 amide bonds. The Balaban J connectivity index is 1.87. The smallest absolute Gasteiger partial charge is 0.330 e. The van der Waals surface area contributed by atoms with Gasteiger partial charge in [0, 0.05) is 0 Å². The number of amides is 3. The molecule has 1 aromatic carbocycles. The Bertz CT molecular complexity index is 766. The number of carbonyl (C=O) groups excluding carboxylic acids is 2. The van der Waals surface area contributed by atoms with Crippen LogP contribution < -0.4 is 16.0 Å². The molecule has 138 valence electrons. The molecule has 0 fully saturated rings. The third kappa shape index (κ3) is 5.66. The predicted molar refractivity (Wildman–Crippen MR) is 93.4 cm³/mol. The average molecular weight is 359 g/mol. The minimum Gasteiger partial charge on any atom is -0.479 e. The van der Waals surface area contributed by atoms with Gasteiger partial charge in [-0.05, 0) is 31.5 Å². The second-order valence-electron chi connectivity index (χ2n) is 5.88. The van der Waals surface area contributed by atoms with Gasteiger partial charge in [0.2, 0.25) is 5.91 Å². The summed E-state index contributed by atoms with van der Waals surface area (Å²) in [4.78, 5) is 35.2. The zero-order valence-corrected chi connectivity index (χ0v) is 14.5. The van der Waals surface area contributed by atoms with Gasteiger partial charge >= 0.3 is 12.0 Å². The topological polar surface area (TPSA) is 121 Å². The van der Waals surface area contributed by atoms with Crippen LogP contribution in [0.5, 0.6) is 0 Å². The first-order valence-corrected chi connectivity index (χ1v) is 7.99. The van der Waals surface area contributed by atoms with E-state index in [0.29, 0.717) is 11.3 Å². The van der Waals surface area contributed by atoms with E-state index >= 15 is 0 Å². The second kappa shape index (κ2) is 8.70. The van der Waals surface area contributed by atoms with Crippen molar-refractivity contribution in [3.8, 4) is 0 Å². The maximum Gasteiger partial charge on any atom is 0.330 e. The highest BCUT2D eigenvalue weighted by Crippen LogP contribution is 2.17. The first-order chi connectivity index (χ1) is 12.3. The molecule has 1 aromatic heterocycles. The molecule has 1 unspecified atom stereocenters. The molecular weight excluding hydrogens is 338 g/mol. The van der Waals surface area contributed by atoms with Gasteiger partial charge in [-0.2, -0.15) is 0 Å². The van der Waals surface area contributed by atoms with E-state index in [1.54, 1.807) is 24.3 Å². The van der Waals surface area contributed by atoms with Gasteiger partial charge in [0.05, 0.1) is 19.4 Å². The molecule has 2 rings (SSSR count). The van der Waals surface area contributed by atoms with Crippen molar-refractivity contribution < 1.29 is 23.9 Å². The Morgan fingerprint density at radius 3 is 2.38 bits per heavy atom. The highest BCUT2D eigenvalue weighted by molar-refractivity contribution is 5.88. The average Bonchev–Trinajstić information content (AvgIpc) is 3.08. The van der Waals surface area contributed by atoms with Gasteiger partial charge in [-0.25, -0.2) is 9.59 Å². The van der Waals surface area contributed by atoms with Crippen LogP contribution in [0.25, 0.3) is 0 Å². The molecule has 4 N–H and O–H groups in total. The van der Waals surface area contributed by atoms with Gasteiger partial charge < -0.3 is 25.5 Å². The van der Waals surface area contributed by atoms with E-state index in [2.05, 4.69) is 16.0 Å². The number of carboxylic acid groups (broad SMARTS) is 1. The highest BCUT2D eigenvalue weighted by Gasteiger charge is 2.22. The summed E-state index contributed by atoms with van der Waals surface area (Å²) in [5.74, 6) is -1.21. The minimum absolute atomic E-state index is 0.181. The number of carbonyl (C=O) groups is 3. The Morgan fingerprint density at radius 2 is 1.81 bits per heavy atom. The van der Waals surface area contributed by atoms with Crippen LogP contribution in [-0.2, 0) is 16.1 Å². The maximum absolute atomic E-state index is 12.0. The number of rotatable bonds is 7. The molecule has 2 aromatic rings. The Labute approximate surface area is 150 Å². The van der Waals surface area contributed by atoms with Crippen LogP contribution in [0.4, 0.5) is 4.79 Å². The van der Waals surface area contributed by atoms with Crippen LogP contribution in [0.1, 0.15) is 28.5 Å². The fourth-order valence-electron chi connectivity index (χ4n) is 2.48. The first kappa shape index (κ1) is 19.0. The number of hydrogen-bond acceptors (Lipinski definition) is 4. The summed E-state index contributed by atoms with van der Waals surface area (Å²) in [7, 11) is 0. The van der Waals surface area contributed by atoms with E-state index in [9.17, 15) is 19.5 Å².